The van der Waals surface area contributed by atoms with E-state index in [0.717, 1.165) is 14.9 Å². The third-order valence-electron chi connectivity index (χ3n) is 1.24. The van der Waals surface area contributed by atoms with Crippen LogP contribution in [0.25, 0.3) is 0 Å². The van der Waals surface area contributed by atoms with E-state index in [1.54, 1.807) is 23.1 Å². The minimum atomic E-state index is 0.240. The molecular weight excluding hydrogens is 182 g/mol. The molecule has 5 heteroatoms. The van der Waals surface area contributed by atoms with Gasteiger partial charge in [0.25, 0.3) is 0 Å². The summed E-state index contributed by atoms with van der Waals surface area (Å²) in [6.45, 7) is 2.15. The number of rotatable bonds is 3. The molecule has 0 aliphatic rings. The lowest BCUT2D eigenvalue weighted by atomic mass is 10.4. The van der Waals surface area contributed by atoms with Crippen LogP contribution < -0.4 is 0 Å². The van der Waals surface area contributed by atoms with Crippen LogP contribution in [0.2, 0.25) is 0 Å². The van der Waals surface area contributed by atoms with Crippen molar-refractivity contribution in [3.05, 3.63) is 10.6 Å². The molecule has 1 heterocycles. The number of hydrogen-bond donors (Lipinski definition) is 1. The molecule has 0 spiro atoms. The van der Waals surface area contributed by atoms with Crippen LogP contribution in [0.3, 0.4) is 0 Å². The Hall–Kier alpha value is -0.100. The SMILES string of the molecule is CSc1nc(C)c(COO)s1. The fourth-order valence-electron chi connectivity index (χ4n) is 0.681. The van der Waals surface area contributed by atoms with Crippen LogP contribution in [0.4, 0.5) is 0 Å². The first-order valence-corrected chi connectivity index (χ1v) is 5.08. The van der Waals surface area contributed by atoms with Crippen LogP contribution in [0.5, 0.6) is 0 Å². The zero-order valence-corrected chi connectivity index (χ0v) is 7.96. The molecule has 0 radical (unpaired) electrons. The summed E-state index contributed by atoms with van der Waals surface area (Å²) in [6.07, 6.45) is 1.97. The standard InChI is InChI=1S/C6H9NO2S2/c1-4-5(3-9-8)11-6(7-4)10-2/h8H,3H2,1-2H3. The van der Waals surface area contributed by atoms with Gasteiger partial charge in [-0.1, -0.05) is 11.8 Å². The lowest BCUT2D eigenvalue weighted by molar-refractivity contribution is -0.252. The summed E-state index contributed by atoms with van der Waals surface area (Å²) < 4.78 is 1.01. The molecule has 11 heavy (non-hydrogen) atoms. The lowest BCUT2D eigenvalue weighted by Gasteiger charge is -1.90. The van der Waals surface area contributed by atoms with E-state index in [9.17, 15) is 0 Å². The van der Waals surface area contributed by atoms with Gasteiger partial charge in [-0.3, -0.25) is 5.26 Å². The Kier molecular flexibility index (Phi) is 3.32. The van der Waals surface area contributed by atoms with Gasteiger partial charge in [0, 0.05) is 0 Å². The highest BCUT2D eigenvalue weighted by Crippen LogP contribution is 2.25. The summed E-state index contributed by atoms with van der Waals surface area (Å²) in [7, 11) is 0. The first-order chi connectivity index (χ1) is 5.27. The maximum atomic E-state index is 8.20. The number of nitrogens with zero attached hydrogens (tertiary/aromatic N) is 1. The van der Waals surface area contributed by atoms with Gasteiger partial charge in [-0.25, -0.2) is 9.87 Å². The largest absolute Gasteiger partial charge is 0.251 e. The van der Waals surface area contributed by atoms with Crippen molar-refractivity contribution in [1.29, 1.82) is 0 Å². The Morgan fingerprint density at radius 3 is 2.91 bits per heavy atom. The van der Waals surface area contributed by atoms with Crippen molar-refractivity contribution in [2.24, 2.45) is 0 Å². The maximum Gasteiger partial charge on any atom is 0.150 e. The molecule has 3 nitrogen and oxygen atoms in total. The van der Waals surface area contributed by atoms with E-state index in [4.69, 9.17) is 5.26 Å². The molecule has 1 N–H and O–H groups in total. The molecule has 0 unspecified atom stereocenters. The summed E-state index contributed by atoms with van der Waals surface area (Å²) in [5.74, 6) is 0. The zero-order valence-electron chi connectivity index (χ0n) is 6.33. The average Bonchev–Trinajstić information content (AvgIpc) is 2.33. The van der Waals surface area contributed by atoms with Gasteiger partial charge < -0.3 is 0 Å². The minimum Gasteiger partial charge on any atom is -0.251 e. The van der Waals surface area contributed by atoms with Crippen molar-refractivity contribution in [3.63, 3.8) is 0 Å². The van der Waals surface area contributed by atoms with Crippen molar-refractivity contribution in [1.82, 2.24) is 4.98 Å². The van der Waals surface area contributed by atoms with E-state index < -0.39 is 0 Å². The first kappa shape index (κ1) is 8.99. The molecule has 1 aromatic heterocycles. The van der Waals surface area contributed by atoms with Gasteiger partial charge in [-0.2, -0.15) is 0 Å². The predicted molar refractivity (Wildman–Crippen MR) is 46.0 cm³/mol. The zero-order chi connectivity index (χ0) is 8.27. The van der Waals surface area contributed by atoms with E-state index in [1.165, 1.54) is 0 Å². The van der Waals surface area contributed by atoms with Crippen LogP contribution in [0, 0.1) is 6.92 Å². The second kappa shape index (κ2) is 4.06. The fraction of sp³-hybridized carbons (Fsp3) is 0.500. The Morgan fingerprint density at radius 1 is 1.73 bits per heavy atom. The third-order valence-corrected chi connectivity index (χ3v) is 3.36. The topological polar surface area (TPSA) is 42.4 Å². The molecule has 0 aromatic carbocycles. The van der Waals surface area contributed by atoms with Crippen LogP contribution in [0.15, 0.2) is 4.34 Å². The molecule has 1 rings (SSSR count). The van der Waals surface area contributed by atoms with E-state index >= 15 is 0 Å². The van der Waals surface area contributed by atoms with E-state index in [2.05, 4.69) is 9.87 Å². The minimum absolute atomic E-state index is 0.240. The first-order valence-electron chi connectivity index (χ1n) is 3.04. The summed E-state index contributed by atoms with van der Waals surface area (Å²) >= 11 is 3.15. The number of thioether (sulfide) groups is 1. The van der Waals surface area contributed by atoms with Crippen molar-refractivity contribution in [2.75, 3.05) is 6.26 Å². The Balaban J connectivity index is 2.79. The molecular formula is C6H9NO2S2. The highest BCUT2D eigenvalue weighted by molar-refractivity contribution is 8.00. The molecule has 0 amide bonds. The van der Waals surface area contributed by atoms with Gasteiger partial charge in [0.15, 0.2) is 0 Å². The lowest BCUT2D eigenvalue weighted by Crippen LogP contribution is -1.85. The average molecular weight is 191 g/mol. The van der Waals surface area contributed by atoms with Crippen molar-refractivity contribution < 1.29 is 10.1 Å². The molecule has 0 aliphatic carbocycles. The van der Waals surface area contributed by atoms with E-state index in [1.807, 2.05) is 13.2 Å². The molecule has 0 bridgehead atoms. The molecule has 0 atom stereocenters. The van der Waals surface area contributed by atoms with Gasteiger partial charge in [-0.15, -0.1) is 11.3 Å². The normalized spacial score (nSPS) is 10.5. The van der Waals surface area contributed by atoms with Crippen LogP contribution in [0.1, 0.15) is 10.6 Å². The Labute approximate surface area is 73.3 Å². The predicted octanol–water partition coefficient (Wildman–Crippen LogP) is 2.16. The number of hydrogen-bond acceptors (Lipinski definition) is 5. The quantitative estimate of drug-likeness (QED) is 0.451. The summed E-state index contributed by atoms with van der Waals surface area (Å²) in [5.41, 5.74) is 0.938. The second-order valence-electron chi connectivity index (χ2n) is 1.97. The third kappa shape index (κ3) is 2.16. The van der Waals surface area contributed by atoms with Gasteiger partial charge in [-0.05, 0) is 13.2 Å². The summed E-state index contributed by atoms with van der Waals surface area (Å²) in [6, 6.07) is 0. The smallest absolute Gasteiger partial charge is 0.150 e. The van der Waals surface area contributed by atoms with E-state index in [-0.39, 0.29) is 6.61 Å². The van der Waals surface area contributed by atoms with Crippen LogP contribution in [-0.2, 0) is 11.5 Å². The molecule has 0 saturated heterocycles. The Morgan fingerprint density at radius 2 is 2.45 bits per heavy atom. The molecule has 62 valence electrons. The summed E-state index contributed by atoms with van der Waals surface area (Å²) in [5, 5.41) is 8.20. The molecule has 0 saturated carbocycles. The summed E-state index contributed by atoms with van der Waals surface area (Å²) in [4.78, 5) is 9.25. The molecule has 0 aliphatic heterocycles. The van der Waals surface area contributed by atoms with Gasteiger partial charge in [0.2, 0.25) is 0 Å². The highest BCUT2D eigenvalue weighted by atomic mass is 32.2. The Bertz CT molecular complexity index is 236. The molecule has 0 fully saturated rings. The number of aryl methyl sites for hydroxylation is 1. The number of thiazole rings is 1. The molecule has 1 aromatic rings. The van der Waals surface area contributed by atoms with Crippen molar-refractivity contribution >= 4 is 23.1 Å². The van der Waals surface area contributed by atoms with Gasteiger partial charge in [0.05, 0.1) is 10.6 Å². The van der Waals surface area contributed by atoms with Gasteiger partial charge >= 0.3 is 0 Å². The highest BCUT2D eigenvalue weighted by Gasteiger charge is 2.05. The fourth-order valence-corrected chi connectivity index (χ4v) is 2.24. The monoisotopic (exact) mass is 191 g/mol. The van der Waals surface area contributed by atoms with Crippen molar-refractivity contribution in [2.45, 2.75) is 17.9 Å². The van der Waals surface area contributed by atoms with Crippen LogP contribution >= 0.6 is 23.1 Å². The van der Waals surface area contributed by atoms with Crippen molar-refractivity contribution in [3.8, 4) is 0 Å². The number of aromatic nitrogens is 1. The van der Waals surface area contributed by atoms with Crippen LogP contribution in [-0.4, -0.2) is 16.5 Å². The van der Waals surface area contributed by atoms with E-state index in [0.29, 0.717) is 0 Å². The maximum absolute atomic E-state index is 8.20. The van der Waals surface area contributed by atoms with Gasteiger partial charge in [0.1, 0.15) is 10.9 Å². The second-order valence-corrected chi connectivity index (χ2v) is 4.10.